The number of nitrogens with two attached hydrogens (primary N) is 1. The molecule has 0 saturated heterocycles. The third-order valence-electron chi connectivity index (χ3n) is 5.62. The fourth-order valence-electron chi connectivity index (χ4n) is 3.53. The summed E-state index contributed by atoms with van der Waals surface area (Å²) in [6, 6.07) is 13.1. The fraction of sp³-hybridized carbons (Fsp3) is 0.308. The highest BCUT2D eigenvalue weighted by molar-refractivity contribution is 5.99. The van der Waals surface area contributed by atoms with Crippen molar-refractivity contribution in [1.29, 1.82) is 5.41 Å². The van der Waals surface area contributed by atoms with Crippen LogP contribution < -0.4 is 10.5 Å². The molecule has 1 aliphatic rings. The minimum absolute atomic E-state index is 0.0549. The number of rotatable bonds is 9. The first kappa shape index (κ1) is 24.7. The molecule has 8 nitrogen and oxygen atoms in total. The molecule has 0 aromatic heterocycles. The average Bonchev–Trinajstić information content (AvgIpc) is 2.78. The van der Waals surface area contributed by atoms with Crippen LogP contribution in [0, 0.1) is 5.41 Å². The van der Waals surface area contributed by atoms with Crippen LogP contribution in [0.3, 0.4) is 0 Å². The first-order valence-corrected chi connectivity index (χ1v) is 11.2. The van der Waals surface area contributed by atoms with Crippen molar-refractivity contribution in [3.63, 3.8) is 0 Å². The second-order valence-electron chi connectivity index (χ2n) is 8.10. The molecular formula is C26H29N3O5. The van der Waals surface area contributed by atoms with Crippen LogP contribution in [0.25, 0.3) is 6.08 Å². The van der Waals surface area contributed by atoms with Crippen LogP contribution in [0.1, 0.15) is 54.6 Å². The Bertz CT molecular complexity index is 1090. The Balaban J connectivity index is 1.66. The van der Waals surface area contributed by atoms with Crippen LogP contribution in [0.15, 0.2) is 54.1 Å². The van der Waals surface area contributed by atoms with E-state index >= 15 is 0 Å². The Morgan fingerprint density at radius 1 is 1.06 bits per heavy atom. The zero-order valence-corrected chi connectivity index (χ0v) is 19.4. The third kappa shape index (κ3) is 6.31. The summed E-state index contributed by atoms with van der Waals surface area (Å²) in [5, 5.41) is 7.40. The SMILES string of the molecule is CCOC(=O)CN(C(=O)/C(C)=C/c1ccc(C(=O)Oc2ccc(C(=N)N)cc2)cc1)C1CCC1. The summed E-state index contributed by atoms with van der Waals surface area (Å²) in [5.41, 5.74) is 7.57. The molecule has 0 radical (unpaired) electrons. The standard InChI is InChI=1S/C26H29N3O5/c1-3-33-23(30)16-29(21-5-4-6-21)25(31)17(2)15-18-7-9-20(10-8-18)26(32)34-22-13-11-19(12-14-22)24(27)28/h7-15,21H,3-6,16H2,1-2H3,(H3,27,28)/b17-15+. The summed E-state index contributed by atoms with van der Waals surface area (Å²) < 4.78 is 10.4. The van der Waals surface area contributed by atoms with Gasteiger partial charge in [-0.05, 0) is 81.1 Å². The molecule has 0 unspecified atom stereocenters. The van der Waals surface area contributed by atoms with E-state index in [1.807, 2.05) is 0 Å². The van der Waals surface area contributed by atoms with Gasteiger partial charge in [-0.1, -0.05) is 12.1 Å². The van der Waals surface area contributed by atoms with Crippen molar-refractivity contribution in [3.8, 4) is 5.75 Å². The van der Waals surface area contributed by atoms with Gasteiger partial charge >= 0.3 is 11.9 Å². The lowest BCUT2D eigenvalue weighted by Crippen LogP contribution is -2.47. The number of amidine groups is 1. The minimum atomic E-state index is -0.524. The van der Waals surface area contributed by atoms with E-state index in [4.69, 9.17) is 20.6 Å². The molecule has 1 saturated carbocycles. The molecule has 2 aromatic carbocycles. The maximum absolute atomic E-state index is 13.0. The Hall–Kier alpha value is -3.94. The second-order valence-corrected chi connectivity index (χ2v) is 8.10. The maximum atomic E-state index is 13.0. The third-order valence-corrected chi connectivity index (χ3v) is 5.62. The van der Waals surface area contributed by atoms with Crippen LogP contribution in [0.4, 0.5) is 0 Å². The molecule has 1 aliphatic carbocycles. The van der Waals surface area contributed by atoms with E-state index in [1.54, 1.807) is 73.4 Å². The number of esters is 2. The number of nitrogens with zero attached hydrogens (tertiary/aromatic N) is 1. The molecule has 2 aromatic rings. The monoisotopic (exact) mass is 463 g/mol. The van der Waals surface area contributed by atoms with Crippen LogP contribution in [0.2, 0.25) is 0 Å². The predicted octanol–water partition coefficient (Wildman–Crippen LogP) is 3.54. The Morgan fingerprint density at radius 2 is 1.68 bits per heavy atom. The van der Waals surface area contributed by atoms with E-state index in [9.17, 15) is 14.4 Å². The molecule has 0 atom stereocenters. The van der Waals surface area contributed by atoms with Crippen molar-refractivity contribution in [3.05, 3.63) is 70.8 Å². The van der Waals surface area contributed by atoms with Gasteiger partial charge in [0, 0.05) is 17.2 Å². The molecule has 34 heavy (non-hydrogen) atoms. The van der Waals surface area contributed by atoms with Gasteiger partial charge < -0.3 is 20.1 Å². The number of hydrogen-bond donors (Lipinski definition) is 2. The zero-order chi connectivity index (χ0) is 24.7. The van der Waals surface area contributed by atoms with Gasteiger partial charge in [-0.15, -0.1) is 0 Å². The number of amides is 1. The summed E-state index contributed by atoms with van der Waals surface area (Å²) in [6.45, 7) is 3.67. The molecule has 8 heteroatoms. The summed E-state index contributed by atoms with van der Waals surface area (Å²) in [5.74, 6) is -0.848. The van der Waals surface area contributed by atoms with Crippen LogP contribution in [-0.2, 0) is 14.3 Å². The van der Waals surface area contributed by atoms with Crippen molar-refractivity contribution >= 4 is 29.8 Å². The van der Waals surface area contributed by atoms with E-state index < -0.39 is 11.9 Å². The molecule has 3 N–H and O–H groups in total. The lowest BCUT2D eigenvalue weighted by Gasteiger charge is -2.37. The fourth-order valence-corrected chi connectivity index (χ4v) is 3.53. The zero-order valence-electron chi connectivity index (χ0n) is 19.4. The lowest BCUT2D eigenvalue weighted by atomic mass is 9.91. The van der Waals surface area contributed by atoms with Crippen LogP contribution >= 0.6 is 0 Å². The minimum Gasteiger partial charge on any atom is -0.465 e. The maximum Gasteiger partial charge on any atom is 0.343 e. The van der Waals surface area contributed by atoms with Crippen LogP contribution in [-0.4, -0.2) is 47.8 Å². The highest BCUT2D eigenvalue weighted by atomic mass is 16.5. The van der Waals surface area contributed by atoms with Gasteiger partial charge in [-0.25, -0.2) is 4.79 Å². The number of carbonyl (C=O) groups excluding carboxylic acids is 3. The molecule has 1 fully saturated rings. The number of benzene rings is 2. The summed E-state index contributed by atoms with van der Waals surface area (Å²) in [6.07, 6.45) is 4.53. The van der Waals surface area contributed by atoms with Gasteiger partial charge in [0.15, 0.2) is 0 Å². The van der Waals surface area contributed by atoms with Crippen molar-refractivity contribution in [1.82, 2.24) is 4.90 Å². The van der Waals surface area contributed by atoms with E-state index in [1.165, 1.54) is 0 Å². The largest absolute Gasteiger partial charge is 0.465 e. The second kappa shape index (κ2) is 11.3. The molecule has 178 valence electrons. The Morgan fingerprint density at radius 3 is 2.21 bits per heavy atom. The molecule has 0 heterocycles. The summed E-state index contributed by atoms with van der Waals surface area (Å²) in [4.78, 5) is 39.0. The summed E-state index contributed by atoms with van der Waals surface area (Å²) in [7, 11) is 0. The van der Waals surface area contributed by atoms with Gasteiger partial charge in [-0.2, -0.15) is 0 Å². The topological polar surface area (TPSA) is 123 Å². The smallest absolute Gasteiger partial charge is 0.343 e. The molecule has 1 amide bonds. The number of ether oxygens (including phenoxy) is 2. The van der Waals surface area contributed by atoms with Crippen molar-refractivity contribution in [2.75, 3.05) is 13.2 Å². The first-order chi connectivity index (χ1) is 16.3. The van der Waals surface area contributed by atoms with Gasteiger partial charge in [0.05, 0.1) is 12.2 Å². The predicted molar refractivity (Wildman–Crippen MR) is 128 cm³/mol. The average molecular weight is 464 g/mol. The van der Waals surface area contributed by atoms with E-state index in [0.29, 0.717) is 22.4 Å². The highest BCUT2D eigenvalue weighted by Crippen LogP contribution is 2.26. The number of nitrogen functional groups attached to an aromatic ring is 1. The quantitative estimate of drug-likeness (QED) is 0.193. The number of nitrogens with one attached hydrogen (secondary N) is 1. The molecule has 0 aliphatic heterocycles. The van der Waals surface area contributed by atoms with Crippen molar-refractivity contribution in [2.45, 2.75) is 39.2 Å². The van der Waals surface area contributed by atoms with Crippen molar-refractivity contribution in [2.24, 2.45) is 5.73 Å². The number of carbonyl (C=O) groups is 3. The van der Waals surface area contributed by atoms with Crippen LogP contribution in [0.5, 0.6) is 5.75 Å². The lowest BCUT2D eigenvalue weighted by molar-refractivity contribution is -0.150. The molecular weight excluding hydrogens is 434 g/mol. The van der Waals surface area contributed by atoms with Gasteiger partial charge in [0.25, 0.3) is 0 Å². The van der Waals surface area contributed by atoms with Gasteiger partial charge in [0.2, 0.25) is 5.91 Å². The Labute approximate surface area is 198 Å². The van der Waals surface area contributed by atoms with Gasteiger partial charge in [0.1, 0.15) is 18.1 Å². The van der Waals surface area contributed by atoms with E-state index in [0.717, 1.165) is 24.8 Å². The van der Waals surface area contributed by atoms with Gasteiger partial charge in [-0.3, -0.25) is 15.0 Å². The first-order valence-electron chi connectivity index (χ1n) is 11.2. The molecule has 3 rings (SSSR count). The van der Waals surface area contributed by atoms with E-state index in [-0.39, 0.29) is 30.9 Å². The molecule has 0 spiro atoms. The Kier molecular flexibility index (Phi) is 8.19. The number of hydrogen-bond acceptors (Lipinski definition) is 6. The highest BCUT2D eigenvalue weighted by Gasteiger charge is 2.31. The summed E-state index contributed by atoms with van der Waals surface area (Å²) >= 11 is 0. The normalized spacial score (nSPS) is 13.5. The van der Waals surface area contributed by atoms with E-state index in [2.05, 4.69) is 0 Å². The molecule has 0 bridgehead atoms. The van der Waals surface area contributed by atoms with Crippen molar-refractivity contribution < 1.29 is 23.9 Å².